The minimum absolute atomic E-state index is 0.0138. The zero-order valence-corrected chi connectivity index (χ0v) is 16.1. The molecule has 1 saturated heterocycles. The van der Waals surface area contributed by atoms with Gasteiger partial charge in [0, 0.05) is 24.3 Å². The van der Waals surface area contributed by atoms with Gasteiger partial charge in [-0.2, -0.15) is 0 Å². The molecule has 0 aromatic heterocycles. The summed E-state index contributed by atoms with van der Waals surface area (Å²) in [4.78, 5) is 26.6. The standard InChI is InChI=1S/C22H26N2O3/c1-4-16-5-9-19(10-6-16)24-14-17(13-21(24)25)22(26)23-18-7-11-20(12-8-18)27-15(2)3/h5-12,15,17H,4,13-14H2,1-3H3,(H,23,26)/t17-/m1/s1. The second-order valence-electron chi connectivity index (χ2n) is 7.11. The van der Waals surface area contributed by atoms with E-state index in [0.29, 0.717) is 12.2 Å². The number of amides is 2. The summed E-state index contributed by atoms with van der Waals surface area (Å²) in [7, 11) is 0. The number of ether oxygens (including phenoxy) is 1. The number of hydrogen-bond acceptors (Lipinski definition) is 3. The fourth-order valence-electron chi connectivity index (χ4n) is 3.18. The third-order valence-corrected chi connectivity index (χ3v) is 4.65. The topological polar surface area (TPSA) is 58.6 Å². The van der Waals surface area contributed by atoms with Gasteiger partial charge in [0.2, 0.25) is 11.8 Å². The van der Waals surface area contributed by atoms with Crippen LogP contribution in [-0.2, 0) is 16.0 Å². The number of aryl methyl sites for hydroxylation is 1. The zero-order valence-electron chi connectivity index (χ0n) is 16.1. The molecule has 0 bridgehead atoms. The van der Waals surface area contributed by atoms with Gasteiger partial charge in [0.05, 0.1) is 12.0 Å². The number of benzene rings is 2. The van der Waals surface area contributed by atoms with Gasteiger partial charge < -0.3 is 15.0 Å². The van der Waals surface area contributed by atoms with Crippen molar-refractivity contribution in [3.63, 3.8) is 0 Å². The molecule has 27 heavy (non-hydrogen) atoms. The molecule has 1 aliphatic heterocycles. The average molecular weight is 366 g/mol. The highest BCUT2D eigenvalue weighted by molar-refractivity contribution is 6.03. The Balaban J connectivity index is 1.61. The lowest BCUT2D eigenvalue weighted by Gasteiger charge is -2.17. The third kappa shape index (κ3) is 4.67. The molecule has 0 unspecified atom stereocenters. The number of carbonyl (C=O) groups excluding carboxylic acids is 2. The summed E-state index contributed by atoms with van der Waals surface area (Å²) in [5, 5.41) is 2.90. The van der Waals surface area contributed by atoms with E-state index in [1.54, 1.807) is 4.90 Å². The van der Waals surface area contributed by atoms with E-state index in [1.807, 2.05) is 62.4 Å². The fraction of sp³-hybridized carbons (Fsp3) is 0.364. The van der Waals surface area contributed by atoms with Gasteiger partial charge in [-0.3, -0.25) is 9.59 Å². The predicted octanol–water partition coefficient (Wildman–Crippen LogP) is 4.03. The molecular formula is C22H26N2O3. The number of nitrogens with zero attached hydrogens (tertiary/aromatic N) is 1. The SMILES string of the molecule is CCc1ccc(N2C[C@H](C(=O)Nc3ccc(OC(C)C)cc3)CC2=O)cc1. The van der Waals surface area contributed by atoms with Gasteiger partial charge >= 0.3 is 0 Å². The lowest BCUT2D eigenvalue weighted by molar-refractivity contribution is -0.122. The van der Waals surface area contributed by atoms with Crippen LogP contribution in [0.2, 0.25) is 0 Å². The Morgan fingerprint density at radius 2 is 1.81 bits per heavy atom. The summed E-state index contributed by atoms with van der Waals surface area (Å²) in [6.45, 7) is 6.44. The fourth-order valence-corrected chi connectivity index (χ4v) is 3.18. The van der Waals surface area contributed by atoms with Crippen molar-refractivity contribution in [1.82, 2.24) is 0 Å². The normalized spacial score (nSPS) is 16.7. The van der Waals surface area contributed by atoms with Crippen LogP contribution < -0.4 is 15.0 Å². The molecule has 1 heterocycles. The van der Waals surface area contributed by atoms with Crippen molar-refractivity contribution in [2.24, 2.45) is 5.92 Å². The minimum Gasteiger partial charge on any atom is -0.491 e. The second kappa shape index (κ2) is 8.25. The van der Waals surface area contributed by atoms with Crippen molar-refractivity contribution in [2.45, 2.75) is 39.7 Å². The molecule has 1 atom stereocenters. The first-order chi connectivity index (χ1) is 13.0. The molecule has 5 nitrogen and oxygen atoms in total. The van der Waals surface area contributed by atoms with Crippen LogP contribution in [0.1, 0.15) is 32.8 Å². The highest BCUT2D eigenvalue weighted by Gasteiger charge is 2.35. The lowest BCUT2D eigenvalue weighted by atomic mass is 10.1. The summed E-state index contributed by atoms with van der Waals surface area (Å²) in [5.74, 6) is 0.268. The Morgan fingerprint density at radius 1 is 1.15 bits per heavy atom. The molecule has 0 aliphatic carbocycles. The minimum atomic E-state index is -0.352. The van der Waals surface area contributed by atoms with Gasteiger partial charge in [-0.05, 0) is 62.2 Å². The number of carbonyl (C=O) groups is 2. The molecule has 0 saturated carbocycles. The van der Waals surface area contributed by atoms with E-state index in [2.05, 4.69) is 12.2 Å². The maximum absolute atomic E-state index is 12.6. The number of nitrogens with one attached hydrogen (secondary N) is 1. The average Bonchev–Trinajstić information content (AvgIpc) is 3.05. The molecule has 5 heteroatoms. The molecule has 0 radical (unpaired) electrons. The van der Waals surface area contributed by atoms with Gasteiger partial charge in [-0.25, -0.2) is 0 Å². The van der Waals surface area contributed by atoms with E-state index in [-0.39, 0.29) is 30.3 Å². The van der Waals surface area contributed by atoms with E-state index in [0.717, 1.165) is 17.9 Å². The van der Waals surface area contributed by atoms with Crippen LogP contribution in [-0.4, -0.2) is 24.5 Å². The lowest BCUT2D eigenvalue weighted by Crippen LogP contribution is -2.28. The highest BCUT2D eigenvalue weighted by atomic mass is 16.5. The first-order valence-electron chi connectivity index (χ1n) is 9.43. The molecule has 2 aromatic carbocycles. The Hall–Kier alpha value is -2.82. The molecule has 0 spiro atoms. The van der Waals surface area contributed by atoms with Crippen LogP contribution in [0.25, 0.3) is 0 Å². The van der Waals surface area contributed by atoms with Gasteiger partial charge in [-0.15, -0.1) is 0 Å². The zero-order chi connectivity index (χ0) is 19.4. The first-order valence-corrected chi connectivity index (χ1v) is 9.43. The maximum Gasteiger partial charge on any atom is 0.229 e. The van der Waals surface area contributed by atoms with Crippen LogP contribution in [0.5, 0.6) is 5.75 Å². The Bertz CT molecular complexity index is 797. The molecule has 2 aromatic rings. The van der Waals surface area contributed by atoms with Crippen molar-refractivity contribution < 1.29 is 14.3 Å². The molecule has 1 aliphatic rings. The number of anilines is 2. The molecule has 142 valence electrons. The molecule has 1 fully saturated rings. The monoisotopic (exact) mass is 366 g/mol. The molecule has 1 N–H and O–H groups in total. The Labute approximate surface area is 160 Å². The molecule has 2 amide bonds. The first kappa shape index (κ1) is 19.0. The number of rotatable bonds is 6. The van der Waals surface area contributed by atoms with Crippen molar-refractivity contribution in [3.8, 4) is 5.75 Å². The highest BCUT2D eigenvalue weighted by Crippen LogP contribution is 2.27. The van der Waals surface area contributed by atoms with Crippen molar-refractivity contribution in [3.05, 3.63) is 54.1 Å². The quantitative estimate of drug-likeness (QED) is 0.840. The van der Waals surface area contributed by atoms with Gasteiger partial charge in [0.1, 0.15) is 5.75 Å². The van der Waals surface area contributed by atoms with Crippen molar-refractivity contribution >= 4 is 23.2 Å². The van der Waals surface area contributed by atoms with Crippen molar-refractivity contribution in [2.75, 3.05) is 16.8 Å². The van der Waals surface area contributed by atoms with Gasteiger partial charge in [0.25, 0.3) is 0 Å². The largest absolute Gasteiger partial charge is 0.491 e. The third-order valence-electron chi connectivity index (χ3n) is 4.65. The van der Waals surface area contributed by atoms with Gasteiger partial charge in [-0.1, -0.05) is 19.1 Å². The van der Waals surface area contributed by atoms with Crippen LogP contribution in [0.4, 0.5) is 11.4 Å². The van der Waals surface area contributed by atoms with Crippen molar-refractivity contribution in [1.29, 1.82) is 0 Å². The summed E-state index contributed by atoms with van der Waals surface area (Å²) < 4.78 is 5.60. The smallest absolute Gasteiger partial charge is 0.229 e. The molecule has 3 rings (SSSR count). The van der Waals surface area contributed by atoms with E-state index in [4.69, 9.17) is 4.74 Å². The summed E-state index contributed by atoms with van der Waals surface area (Å²) in [6, 6.07) is 15.2. The van der Waals surface area contributed by atoms with Crippen LogP contribution >= 0.6 is 0 Å². The van der Waals surface area contributed by atoms with Gasteiger partial charge in [0.15, 0.2) is 0 Å². The van der Waals surface area contributed by atoms with Crippen LogP contribution in [0.3, 0.4) is 0 Å². The Kier molecular flexibility index (Phi) is 5.79. The second-order valence-corrected chi connectivity index (χ2v) is 7.11. The maximum atomic E-state index is 12.6. The van der Waals surface area contributed by atoms with E-state index in [9.17, 15) is 9.59 Å². The summed E-state index contributed by atoms with van der Waals surface area (Å²) in [6.07, 6.45) is 1.29. The Morgan fingerprint density at radius 3 is 2.41 bits per heavy atom. The summed E-state index contributed by atoms with van der Waals surface area (Å²) >= 11 is 0. The predicted molar refractivity (Wildman–Crippen MR) is 107 cm³/mol. The molecular weight excluding hydrogens is 340 g/mol. The summed E-state index contributed by atoms with van der Waals surface area (Å²) in [5.41, 5.74) is 2.78. The van der Waals surface area contributed by atoms with E-state index >= 15 is 0 Å². The van der Waals surface area contributed by atoms with Crippen LogP contribution in [0, 0.1) is 5.92 Å². The van der Waals surface area contributed by atoms with E-state index < -0.39 is 0 Å². The van der Waals surface area contributed by atoms with Crippen LogP contribution in [0.15, 0.2) is 48.5 Å². The van der Waals surface area contributed by atoms with E-state index in [1.165, 1.54) is 5.56 Å². The number of hydrogen-bond donors (Lipinski definition) is 1.